The van der Waals surface area contributed by atoms with Crippen LogP contribution in [0.5, 0.6) is 0 Å². The number of hydrogen-bond donors (Lipinski definition) is 0. The van der Waals surface area contributed by atoms with Crippen LogP contribution in [0.15, 0.2) is 0 Å². The highest BCUT2D eigenvalue weighted by molar-refractivity contribution is 4.98. The van der Waals surface area contributed by atoms with Gasteiger partial charge in [-0.3, -0.25) is 0 Å². The van der Waals surface area contributed by atoms with Crippen LogP contribution in [-0.2, 0) is 0 Å². The van der Waals surface area contributed by atoms with Crippen LogP contribution in [0.25, 0.3) is 0 Å². The van der Waals surface area contributed by atoms with Gasteiger partial charge in [-0.15, -0.1) is 0 Å². The first kappa shape index (κ1) is 15.0. The third kappa shape index (κ3) is 2.57. The molecule has 0 aliphatic heterocycles. The summed E-state index contributed by atoms with van der Waals surface area (Å²) in [5, 5.41) is 0. The van der Waals surface area contributed by atoms with Crippen molar-refractivity contribution in [2.45, 2.75) is 75.2 Å². The molecular weight excluding hydrogens is 180 g/mol. The lowest BCUT2D eigenvalue weighted by Gasteiger charge is -2.56. The maximum absolute atomic E-state index is 2.49. The molecule has 0 N–H and O–H groups in total. The third-order valence-corrected chi connectivity index (χ3v) is 4.92. The van der Waals surface area contributed by atoms with Crippen LogP contribution < -0.4 is 0 Å². The third-order valence-electron chi connectivity index (χ3n) is 4.92. The summed E-state index contributed by atoms with van der Waals surface area (Å²) in [6, 6.07) is 0. The quantitative estimate of drug-likeness (QED) is 0.577. The first-order valence-electron chi connectivity index (χ1n) is 6.52. The molecule has 15 heavy (non-hydrogen) atoms. The van der Waals surface area contributed by atoms with Crippen molar-refractivity contribution >= 4 is 0 Å². The van der Waals surface area contributed by atoms with E-state index in [1.165, 1.54) is 12.8 Å². The predicted octanol–water partition coefficient (Wildman–Crippen LogP) is 5.52. The standard InChI is InChI=1S/C15H32/c1-10-12(11-2)15(9,13(3,4)5)14(6,7)8/h12H,10-11H2,1-9H3. The first-order valence-corrected chi connectivity index (χ1v) is 6.52. The summed E-state index contributed by atoms with van der Waals surface area (Å²) in [6.07, 6.45) is 2.59. The Labute approximate surface area is 97.8 Å². The fourth-order valence-corrected chi connectivity index (χ4v) is 3.45. The highest BCUT2D eigenvalue weighted by atomic mass is 14.5. The Morgan fingerprint density at radius 1 is 0.667 bits per heavy atom. The van der Waals surface area contributed by atoms with Gasteiger partial charge in [-0.2, -0.15) is 0 Å². The van der Waals surface area contributed by atoms with Crippen LogP contribution in [0, 0.1) is 22.2 Å². The van der Waals surface area contributed by atoms with Crippen LogP contribution in [0.1, 0.15) is 75.2 Å². The SMILES string of the molecule is CCC(CC)C(C)(C(C)(C)C)C(C)(C)C. The molecule has 0 saturated heterocycles. The van der Waals surface area contributed by atoms with Crippen molar-refractivity contribution < 1.29 is 0 Å². The molecule has 0 aliphatic rings. The lowest BCUT2D eigenvalue weighted by atomic mass is 9.49. The van der Waals surface area contributed by atoms with E-state index in [1.807, 2.05) is 0 Å². The van der Waals surface area contributed by atoms with Gasteiger partial charge >= 0.3 is 0 Å². The van der Waals surface area contributed by atoms with Gasteiger partial charge in [0.2, 0.25) is 0 Å². The van der Waals surface area contributed by atoms with Crippen molar-refractivity contribution in [3.05, 3.63) is 0 Å². The van der Waals surface area contributed by atoms with Crippen molar-refractivity contribution in [2.24, 2.45) is 22.2 Å². The minimum atomic E-state index is 0.363. The molecule has 0 heterocycles. The maximum atomic E-state index is 2.49. The highest BCUT2D eigenvalue weighted by Gasteiger charge is 2.50. The second-order valence-corrected chi connectivity index (χ2v) is 7.22. The summed E-state index contributed by atoms with van der Waals surface area (Å²) in [5.74, 6) is 0.817. The Morgan fingerprint density at radius 3 is 1.00 bits per heavy atom. The van der Waals surface area contributed by atoms with Crippen molar-refractivity contribution in [3.8, 4) is 0 Å². The van der Waals surface area contributed by atoms with Crippen molar-refractivity contribution in [1.82, 2.24) is 0 Å². The average Bonchev–Trinajstić information content (AvgIpc) is 2.02. The first-order chi connectivity index (χ1) is 6.52. The zero-order valence-corrected chi connectivity index (χ0v) is 12.5. The van der Waals surface area contributed by atoms with Gasteiger partial charge in [-0.25, -0.2) is 0 Å². The molecule has 0 heteroatoms. The molecule has 0 aromatic carbocycles. The molecule has 0 bridgehead atoms. The van der Waals surface area contributed by atoms with Gasteiger partial charge in [0.05, 0.1) is 0 Å². The van der Waals surface area contributed by atoms with Gasteiger partial charge in [0.15, 0.2) is 0 Å². The van der Waals surface area contributed by atoms with Gasteiger partial charge in [-0.1, -0.05) is 75.2 Å². The molecule has 0 unspecified atom stereocenters. The second-order valence-electron chi connectivity index (χ2n) is 7.22. The van der Waals surface area contributed by atoms with E-state index in [0.717, 1.165) is 5.92 Å². The lowest BCUT2D eigenvalue weighted by molar-refractivity contribution is -0.0718. The molecule has 0 rings (SSSR count). The smallest absolute Gasteiger partial charge is 0.0201 e. The molecule has 0 aromatic rings. The van der Waals surface area contributed by atoms with Crippen molar-refractivity contribution in [3.63, 3.8) is 0 Å². The summed E-state index contributed by atoms with van der Waals surface area (Å²) >= 11 is 0. The minimum absolute atomic E-state index is 0.363. The Balaban J connectivity index is 5.40. The fourth-order valence-electron chi connectivity index (χ4n) is 3.45. The van der Waals surface area contributed by atoms with E-state index in [2.05, 4.69) is 62.3 Å². The average molecular weight is 212 g/mol. The molecular formula is C15H32. The molecule has 92 valence electrons. The van der Waals surface area contributed by atoms with Crippen LogP contribution in [0.4, 0.5) is 0 Å². The molecule has 0 amide bonds. The van der Waals surface area contributed by atoms with Gasteiger partial charge in [0.1, 0.15) is 0 Å². The molecule has 0 radical (unpaired) electrons. The van der Waals surface area contributed by atoms with Crippen LogP contribution in [-0.4, -0.2) is 0 Å². The molecule has 0 aliphatic carbocycles. The Hall–Kier alpha value is 0. The van der Waals surface area contributed by atoms with Crippen molar-refractivity contribution in [1.29, 1.82) is 0 Å². The predicted molar refractivity (Wildman–Crippen MR) is 71.1 cm³/mol. The van der Waals surface area contributed by atoms with Crippen LogP contribution >= 0.6 is 0 Å². The number of rotatable bonds is 3. The number of hydrogen-bond acceptors (Lipinski definition) is 0. The summed E-state index contributed by atoms with van der Waals surface area (Å²) in [6.45, 7) is 21.6. The molecule has 0 nitrogen and oxygen atoms in total. The molecule has 0 saturated carbocycles. The van der Waals surface area contributed by atoms with Gasteiger partial charge in [0, 0.05) is 0 Å². The second kappa shape index (κ2) is 4.47. The van der Waals surface area contributed by atoms with E-state index < -0.39 is 0 Å². The molecule has 0 fully saturated rings. The van der Waals surface area contributed by atoms with Crippen LogP contribution in [0.2, 0.25) is 0 Å². The lowest BCUT2D eigenvalue weighted by Crippen LogP contribution is -2.49. The highest BCUT2D eigenvalue weighted by Crippen LogP contribution is 2.57. The van der Waals surface area contributed by atoms with Gasteiger partial charge < -0.3 is 0 Å². The van der Waals surface area contributed by atoms with E-state index >= 15 is 0 Å². The maximum Gasteiger partial charge on any atom is -0.0201 e. The Kier molecular flexibility index (Phi) is 4.47. The zero-order chi connectivity index (χ0) is 12.5. The van der Waals surface area contributed by atoms with E-state index in [4.69, 9.17) is 0 Å². The van der Waals surface area contributed by atoms with E-state index in [0.29, 0.717) is 16.2 Å². The Morgan fingerprint density at radius 2 is 0.933 bits per heavy atom. The van der Waals surface area contributed by atoms with Crippen molar-refractivity contribution in [2.75, 3.05) is 0 Å². The topological polar surface area (TPSA) is 0 Å². The van der Waals surface area contributed by atoms with E-state index in [1.54, 1.807) is 0 Å². The van der Waals surface area contributed by atoms with E-state index in [9.17, 15) is 0 Å². The Bertz CT molecular complexity index is 169. The van der Waals surface area contributed by atoms with Gasteiger partial charge in [-0.05, 0) is 22.2 Å². The summed E-state index contributed by atoms with van der Waals surface area (Å²) in [5.41, 5.74) is 1.12. The summed E-state index contributed by atoms with van der Waals surface area (Å²) in [7, 11) is 0. The molecule has 0 atom stereocenters. The summed E-state index contributed by atoms with van der Waals surface area (Å²) in [4.78, 5) is 0. The van der Waals surface area contributed by atoms with E-state index in [-0.39, 0.29) is 0 Å². The minimum Gasteiger partial charge on any atom is -0.0651 e. The zero-order valence-electron chi connectivity index (χ0n) is 12.5. The molecule has 0 spiro atoms. The van der Waals surface area contributed by atoms with Gasteiger partial charge in [0.25, 0.3) is 0 Å². The fraction of sp³-hybridized carbons (Fsp3) is 1.00. The largest absolute Gasteiger partial charge is 0.0651 e. The molecule has 0 aromatic heterocycles. The summed E-state index contributed by atoms with van der Waals surface area (Å²) < 4.78 is 0. The monoisotopic (exact) mass is 212 g/mol. The normalized spacial score (nSPS) is 14.8. The van der Waals surface area contributed by atoms with Crippen LogP contribution in [0.3, 0.4) is 0 Å².